The maximum Gasteiger partial charge on any atom is 0.266 e. The van der Waals surface area contributed by atoms with Gasteiger partial charge in [-0.3, -0.25) is 19.8 Å². The van der Waals surface area contributed by atoms with Crippen LogP contribution in [0.5, 0.6) is 0 Å². The number of fused-ring (bicyclic) bond motifs is 1. The zero-order valence-corrected chi connectivity index (χ0v) is 17.7. The first-order valence-corrected chi connectivity index (χ1v) is 10.6. The van der Waals surface area contributed by atoms with Crippen LogP contribution in [0.2, 0.25) is 0 Å². The fourth-order valence-corrected chi connectivity index (χ4v) is 4.53. The van der Waals surface area contributed by atoms with Crippen LogP contribution < -0.4 is 10.2 Å². The molecule has 1 atom stereocenters. The quantitative estimate of drug-likeness (QED) is 0.738. The third-order valence-electron chi connectivity index (χ3n) is 6.15. The molecule has 3 heterocycles. The summed E-state index contributed by atoms with van der Waals surface area (Å²) in [7, 11) is 2.04. The Kier molecular flexibility index (Phi) is 6.13. The summed E-state index contributed by atoms with van der Waals surface area (Å²) in [6.45, 7) is 5.46. The van der Waals surface area contributed by atoms with E-state index in [2.05, 4.69) is 31.9 Å². The van der Waals surface area contributed by atoms with Crippen molar-refractivity contribution in [3.8, 4) is 0 Å². The number of likely N-dealkylation sites (tertiary alicyclic amines) is 1. The average Bonchev–Trinajstić information content (AvgIpc) is 2.74. The summed E-state index contributed by atoms with van der Waals surface area (Å²) in [6.07, 6.45) is 4.36. The summed E-state index contributed by atoms with van der Waals surface area (Å²) in [5, 5.41) is 3.01. The Morgan fingerprint density at radius 3 is 2.68 bits per heavy atom. The number of halogens is 2. The second kappa shape index (κ2) is 8.82. The van der Waals surface area contributed by atoms with Gasteiger partial charge in [0.05, 0.1) is 30.2 Å². The lowest BCUT2D eigenvalue weighted by Crippen LogP contribution is -2.53. The van der Waals surface area contributed by atoms with Gasteiger partial charge in [-0.15, -0.1) is 0 Å². The molecule has 2 aromatic rings. The molecular weight excluding hydrogens is 402 g/mol. The lowest BCUT2D eigenvalue weighted by atomic mass is 9.92. The van der Waals surface area contributed by atoms with Gasteiger partial charge in [0.15, 0.2) is 0 Å². The number of nitrogens with zero attached hydrogens (tertiary/aromatic N) is 5. The van der Waals surface area contributed by atoms with Crippen molar-refractivity contribution in [3.05, 3.63) is 30.1 Å². The standard InChI is InChI=1S/C22H28F2N6O/c1-25-12-15-3-4-18(20-19(15)26-7-8-27-20)30-13-16(11-22(23,24)14-30)21(31)28-17-5-9-29(2)10-6-17/h3-4,7-8,16-17H,1,5-6,9-14H2,2H3,(H,28,31). The molecule has 4 rings (SSSR count). The highest BCUT2D eigenvalue weighted by molar-refractivity contribution is 5.91. The van der Waals surface area contributed by atoms with E-state index in [0.29, 0.717) is 23.3 Å². The number of carbonyl (C=O) groups is 1. The van der Waals surface area contributed by atoms with E-state index in [1.807, 2.05) is 13.1 Å². The van der Waals surface area contributed by atoms with Gasteiger partial charge in [-0.1, -0.05) is 6.07 Å². The van der Waals surface area contributed by atoms with Crippen molar-refractivity contribution < 1.29 is 13.6 Å². The number of anilines is 1. The van der Waals surface area contributed by atoms with Gasteiger partial charge in [-0.2, -0.15) is 0 Å². The van der Waals surface area contributed by atoms with Crippen LogP contribution in [0.25, 0.3) is 11.0 Å². The molecule has 0 saturated carbocycles. The van der Waals surface area contributed by atoms with Gasteiger partial charge in [-0.25, -0.2) is 8.78 Å². The summed E-state index contributed by atoms with van der Waals surface area (Å²) >= 11 is 0. The molecule has 0 radical (unpaired) electrons. The minimum Gasteiger partial charge on any atom is -0.363 e. The van der Waals surface area contributed by atoms with E-state index in [-0.39, 0.29) is 18.5 Å². The third-order valence-corrected chi connectivity index (χ3v) is 6.15. The minimum absolute atomic E-state index is 0.0464. The average molecular weight is 431 g/mol. The van der Waals surface area contributed by atoms with Gasteiger partial charge in [0, 0.05) is 37.0 Å². The zero-order valence-electron chi connectivity index (χ0n) is 17.7. The third kappa shape index (κ3) is 4.81. The first-order valence-electron chi connectivity index (χ1n) is 10.6. The minimum atomic E-state index is -2.97. The number of aromatic nitrogens is 2. The number of aliphatic imine (C=N–C) groups is 1. The van der Waals surface area contributed by atoms with Crippen LogP contribution >= 0.6 is 0 Å². The van der Waals surface area contributed by atoms with E-state index in [1.54, 1.807) is 23.4 Å². The number of amides is 1. The Hall–Kier alpha value is -2.68. The zero-order chi connectivity index (χ0) is 22.0. The van der Waals surface area contributed by atoms with E-state index in [0.717, 1.165) is 31.5 Å². The molecule has 7 nitrogen and oxygen atoms in total. The first kappa shape index (κ1) is 21.5. The topological polar surface area (TPSA) is 73.7 Å². The normalized spacial score (nSPS) is 22.4. The summed E-state index contributed by atoms with van der Waals surface area (Å²) in [4.78, 5) is 29.4. The number of alkyl halides is 2. The van der Waals surface area contributed by atoms with Crippen molar-refractivity contribution in [2.24, 2.45) is 10.9 Å². The summed E-state index contributed by atoms with van der Waals surface area (Å²) < 4.78 is 29.4. The molecule has 0 spiro atoms. The lowest BCUT2D eigenvalue weighted by molar-refractivity contribution is -0.130. The number of rotatable bonds is 5. The van der Waals surface area contributed by atoms with Crippen LogP contribution in [0.4, 0.5) is 14.5 Å². The Morgan fingerprint density at radius 1 is 1.26 bits per heavy atom. The highest BCUT2D eigenvalue weighted by Gasteiger charge is 2.44. The van der Waals surface area contributed by atoms with Crippen molar-refractivity contribution in [1.29, 1.82) is 0 Å². The van der Waals surface area contributed by atoms with Crippen LogP contribution in [0.1, 0.15) is 24.8 Å². The molecule has 9 heteroatoms. The van der Waals surface area contributed by atoms with E-state index >= 15 is 0 Å². The van der Waals surface area contributed by atoms with Gasteiger partial charge in [0.25, 0.3) is 5.92 Å². The predicted molar refractivity (Wildman–Crippen MR) is 117 cm³/mol. The van der Waals surface area contributed by atoms with Crippen molar-refractivity contribution >= 4 is 29.3 Å². The summed E-state index contributed by atoms with van der Waals surface area (Å²) in [5.74, 6) is -4.05. The molecule has 0 bridgehead atoms. The number of hydrogen-bond donors (Lipinski definition) is 1. The van der Waals surface area contributed by atoms with Crippen molar-refractivity contribution in [1.82, 2.24) is 20.2 Å². The molecule has 0 aliphatic carbocycles. The van der Waals surface area contributed by atoms with E-state index in [4.69, 9.17) is 0 Å². The van der Waals surface area contributed by atoms with Gasteiger partial charge in [0.1, 0.15) is 5.52 Å². The number of nitrogens with one attached hydrogen (secondary N) is 1. The van der Waals surface area contributed by atoms with Crippen molar-refractivity contribution in [3.63, 3.8) is 0 Å². The summed E-state index contributed by atoms with van der Waals surface area (Å²) in [5.41, 5.74) is 2.55. The molecule has 2 aliphatic rings. The highest BCUT2D eigenvalue weighted by atomic mass is 19.3. The van der Waals surface area contributed by atoms with Crippen LogP contribution in [0, 0.1) is 5.92 Å². The predicted octanol–water partition coefficient (Wildman–Crippen LogP) is 2.50. The lowest BCUT2D eigenvalue weighted by Gasteiger charge is -2.39. The smallest absolute Gasteiger partial charge is 0.266 e. The van der Waals surface area contributed by atoms with Crippen molar-refractivity contribution in [2.45, 2.75) is 37.8 Å². The molecule has 1 aromatic heterocycles. The Labute approximate surface area is 180 Å². The molecule has 2 fully saturated rings. The van der Waals surface area contributed by atoms with E-state index in [9.17, 15) is 13.6 Å². The molecular formula is C22H28F2N6O. The van der Waals surface area contributed by atoms with Crippen LogP contribution in [-0.2, 0) is 11.3 Å². The van der Waals surface area contributed by atoms with Crippen LogP contribution in [0.3, 0.4) is 0 Å². The highest BCUT2D eigenvalue weighted by Crippen LogP contribution is 2.36. The molecule has 1 N–H and O–H groups in total. The van der Waals surface area contributed by atoms with Gasteiger partial charge >= 0.3 is 0 Å². The van der Waals surface area contributed by atoms with Crippen molar-refractivity contribution in [2.75, 3.05) is 38.1 Å². The Morgan fingerprint density at radius 2 is 1.97 bits per heavy atom. The van der Waals surface area contributed by atoms with Gasteiger partial charge in [-0.05, 0) is 45.8 Å². The Balaban J connectivity index is 1.57. The largest absolute Gasteiger partial charge is 0.363 e. The molecule has 1 unspecified atom stereocenters. The molecule has 31 heavy (non-hydrogen) atoms. The summed E-state index contributed by atoms with van der Waals surface area (Å²) in [6, 6.07) is 3.64. The van der Waals surface area contributed by atoms with E-state index in [1.165, 1.54) is 0 Å². The first-order chi connectivity index (χ1) is 14.9. The number of carbonyl (C=O) groups excluding carboxylic acids is 1. The maximum atomic E-state index is 14.7. The molecule has 1 amide bonds. The Bertz CT molecular complexity index is 960. The second-order valence-electron chi connectivity index (χ2n) is 8.60. The number of benzene rings is 1. The maximum absolute atomic E-state index is 14.7. The van der Waals surface area contributed by atoms with Crippen LogP contribution in [0.15, 0.2) is 29.5 Å². The van der Waals surface area contributed by atoms with Gasteiger partial charge in [0.2, 0.25) is 5.91 Å². The molecule has 1 aromatic carbocycles. The SMILES string of the molecule is C=NCc1ccc(N2CC(C(=O)NC3CCN(C)CC3)CC(F)(F)C2)c2nccnc12. The van der Waals surface area contributed by atoms with Crippen LogP contribution in [-0.4, -0.2) is 72.7 Å². The number of piperidine rings is 2. The fraction of sp³-hybridized carbons (Fsp3) is 0.545. The monoisotopic (exact) mass is 430 g/mol. The molecule has 166 valence electrons. The molecule has 2 aliphatic heterocycles. The molecule has 2 saturated heterocycles. The second-order valence-corrected chi connectivity index (χ2v) is 8.60. The van der Waals surface area contributed by atoms with E-state index < -0.39 is 24.8 Å². The number of hydrogen-bond acceptors (Lipinski definition) is 6. The fourth-order valence-electron chi connectivity index (χ4n) is 4.53. The van der Waals surface area contributed by atoms with Gasteiger partial charge < -0.3 is 15.1 Å².